The number of nitrogens with one attached hydrogen (secondary N) is 2. The van der Waals surface area contributed by atoms with Gasteiger partial charge in [-0.3, -0.25) is 0 Å². The van der Waals surface area contributed by atoms with Crippen molar-refractivity contribution in [3.05, 3.63) is 35.4 Å². The van der Waals surface area contributed by atoms with E-state index < -0.39 is 0 Å². The number of rotatable bonds is 6. The SMILES string of the molecule is CCC(C)c1ccc(CCNC2CCNC2)cc1. The zero-order chi connectivity index (χ0) is 12.8. The summed E-state index contributed by atoms with van der Waals surface area (Å²) >= 11 is 0. The molecule has 2 nitrogen and oxygen atoms in total. The molecule has 2 N–H and O–H groups in total. The summed E-state index contributed by atoms with van der Waals surface area (Å²) < 4.78 is 0. The summed E-state index contributed by atoms with van der Waals surface area (Å²) in [6, 6.07) is 9.84. The molecule has 1 heterocycles. The second kappa shape index (κ2) is 6.91. The van der Waals surface area contributed by atoms with Crippen molar-refractivity contribution in [2.75, 3.05) is 19.6 Å². The van der Waals surface area contributed by atoms with E-state index in [1.165, 1.54) is 30.5 Å². The Morgan fingerprint density at radius 3 is 2.72 bits per heavy atom. The van der Waals surface area contributed by atoms with Crippen molar-refractivity contribution in [1.82, 2.24) is 10.6 Å². The van der Waals surface area contributed by atoms with Crippen LogP contribution in [0.25, 0.3) is 0 Å². The maximum atomic E-state index is 3.62. The van der Waals surface area contributed by atoms with E-state index >= 15 is 0 Å². The van der Waals surface area contributed by atoms with Crippen LogP contribution in [0.1, 0.15) is 43.7 Å². The molecule has 18 heavy (non-hydrogen) atoms. The van der Waals surface area contributed by atoms with Gasteiger partial charge in [0.25, 0.3) is 0 Å². The van der Waals surface area contributed by atoms with Gasteiger partial charge in [0.05, 0.1) is 0 Å². The van der Waals surface area contributed by atoms with E-state index in [1.54, 1.807) is 0 Å². The van der Waals surface area contributed by atoms with Crippen molar-refractivity contribution in [1.29, 1.82) is 0 Å². The van der Waals surface area contributed by atoms with Crippen molar-refractivity contribution >= 4 is 0 Å². The first-order chi connectivity index (χ1) is 8.79. The Morgan fingerprint density at radius 1 is 1.33 bits per heavy atom. The van der Waals surface area contributed by atoms with Gasteiger partial charge in [-0.15, -0.1) is 0 Å². The van der Waals surface area contributed by atoms with E-state index in [0.717, 1.165) is 19.5 Å². The van der Waals surface area contributed by atoms with Gasteiger partial charge >= 0.3 is 0 Å². The minimum atomic E-state index is 0.682. The van der Waals surface area contributed by atoms with E-state index in [-0.39, 0.29) is 0 Å². The first-order valence-corrected chi connectivity index (χ1v) is 7.32. The number of benzene rings is 1. The first-order valence-electron chi connectivity index (χ1n) is 7.32. The lowest BCUT2D eigenvalue weighted by atomic mass is 9.97. The molecule has 1 aromatic rings. The van der Waals surface area contributed by atoms with Gasteiger partial charge < -0.3 is 10.6 Å². The zero-order valence-electron chi connectivity index (χ0n) is 11.7. The Balaban J connectivity index is 1.75. The van der Waals surface area contributed by atoms with E-state index in [9.17, 15) is 0 Å². The number of hydrogen-bond donors (Lipinski definition) is 2. The standard InChI is InChI=1S/C16H26N2/c1-3-13(2)15-6-4-14(5-7-15)8-11-18-16-9-10-17-12-16/h4-7,13,16-18H,3,8-12H2,1-2H3. The highest BCUT2D eigenvalue weighted by Crippen LogP contribution is 2.18. The largest absolute Gasteiger partial charge is 0.315 e. The maximum absolute atomic E-state index is 3.62. The summed E-state index contributed by atoms with van der Waals surface area (Å²) in [5.41, 5.74) is 2.91. The van der Waals surface area contributed by atoms with Crippen molar-refractivity contribution in [2.45, 2.75) is 45.1 Å². The minimum Gasteiger partial charge on any atom is -0.315 e. The molecule has 0 radical (unpaired) electrons. The second-order valence-electron chi connectivity index (χ2n) is 5.44. The Morgan fingerprint density at radius 2 is 2.11 bits per heavy atom. The topological polar surface area (TPSA) is 24.1 Å². The van der Waals surface area contributed by atoms with Gasteiger partial charge in [0, 0.05) is 12.6 Å². The van der Waals surface area contributed by atoms with Gasteiger partial charge in [-0.1, -0.05) is 38.1 Å². The molecule has 2 heteroatoms. The molecular weight excluding hydrogens is 220 g/mol. The van der Waals surface area contributed by atoms with Gasteiger partial charge in [-0.2, -0.15) is 0 Å². The normalized spacial score (nSPS) is 21.1. The Hall–Kier alpha value is -0.860. The molecule has 1 aliphatic rings. The summed E-state index contributed by atoms with van der Waals surface area (Å²) in [6.45, 7) is 7.94. The summed E-state index contributed by atoms with van der Waals surface area (Å²) in [5, 5.41) is 7.00. The first kappa shape index (κ1) is 13.6. The number of hydrogen-bond acceptors (Lipinski definition) is 2. The fourth-order valence-corrected chi connectivity index (χ4v) is 2.50. The molecule has 1 aromatic carbocycles. The fraction of sp³-hybridized carbons (Fsp3) is 0.625. The highest BCUT2D eigenvalue weighted by Gasteiger charge is 2.12. The van der Waals surface area contributed by atoms with Crippen LogP contribution in [0.2, 0.25) is 0 Å². The average molecular weight is 246 g/mol. The van der Waals surface area contributed by atoms with Crippen molar-refractivity contribution in [2.24, 2.45) is 0 Å². The van der Waals surface area contributed by atoms with E-state index in [4.69, 9.17) is 0 Å². The van der Waals surface area contributed by atoms with Crippen molar-refractivity contribution < 1.29 is 0 Å². The summed E-state index contributed by atoms with van der Waals surface area (Å²) in [6.07, 6.45) is 3.62. The zero-order valence-corrected chi connectivity index (χ0v) is 11.7. The molecule has 0 saturated carbocycles. The van der Waals surface area contributed by atoms with Crippen molar-refractivity contribution in [3.63, 3.8) is 0 Å². The van der Waals surface area contributed by atoms with Gasteiger partial charge in [0.1, 0.15) is 0 Å². The molecule has 1 saturated heterocycles. The van der Waals surface area contributed by atoms with Gasteiger partial charge in [0.2, 0.25) is 0 Å². The maximum Gasteiger partial charge on any atom is 0.0204 e. The lowest BCUT2D eigenvalue weighted by Crippen LogP contribution is -2.32. The average Bonchev–Trinajstić information content (AvgIpc) is 2.92. The van der Waals surface area contributed by atoms with Crippen LogP contribution in [0.15, 0.2) is 24.3 Å². The Bertz CT molecular complexity index is 339. The third-order valence-corrected chi connectivity index (χ3v) is 4.07. The third-order valence-electron chi connectivity index (χ3n) is 4.07. The van der Waals surface area contributed by atoms with Gasteiger partial charge in [-0.05, 0) is 49.4 Å². The fourth-order valence-electron chi connectivity index (χ4n) is 2.50. The molecule has 0 spiro atoms. The molecule has 2 unspecified atom stereocenters. The third kappa shape index (κ3) is 3.82. The van der Waals surface area contributed by atoms with Crippen LogP contribution in [-0.2, 0) is 6.42 Å². The second-order valence-corrected chi connectivity index (χ2v) is 5.44. The predicted molar refractivity (Wildman–Crippen MR) is 78.1 cm³/mol. The van der Waals surface area contributed by atoms with Gasteiger partial charge in [-0.25, -0.2) is 0 Å². The van der Waals surface area contributed by atoms with E-state index in [0.29, 0.717) is 12.0 Å². The van der Waals surface area contributed by atoms with Crippen molar-refractivity contribution in [3.8, 4) is 0 Å². The van der Waals surface area contributed by atoms with E-state index in [2.05, 4.69) is 48.7 Å². The molecule has 0 bridgehead atoms. The Kier molecular flexibility index (Phi) is 5.21. The summed E-state index contributed by atoms with van der Waals surface area (Å²) in [5.74, 6) is 0.682. The van der Waals surface area contributed by atoms with Crippen LogP contribution in [-0.4, -0.2) is 25.7 Å². The molecule has 100 valence electrons. The summed E-state index contributed by atoms with van der Waals surface area (Å²) in [7, 11) is 0. The molecule has 1 aliphatic heterocycles. The molecule has 1 fully saturated rings. The quantitative estimate of drug-likeness (QED) is 0.806. The van der Waals surface area contributed by atoms with Crippen LogP contribution in [0.4, 0.5) is 0 Å². The lowest BCUT2D eigenvalue weighted by Gasteiger charge is -2.12. The molecule has 0 amide bonds. The molecular formula is C16H26N2. The van der Waals surface area contributed by atoms with Crippen LogP contribution in [0.3, 0.4) is 0 Å². The molecule has 2 rings (SSSR count). The predicted octanol–water partition coefficient (Wildman–Crippen LogP) is 2.69. The van der Waals surface area contributed by atoms with Crippen LogP contribution in [0, 0.1) is 0 Å². The van der Waals surface area contributed by atoms with Crippen LogP contribution in [0.5, 0.6) is 0 Å². The highest BCUT2D eigenvalue weighted by molar-refractivity contribution is 5.25. The van der Waals surface area contributed by atoms with Crippen LogP contribution >= 0.6 is 0 Å². The summed E-state index contributed by atoms with van der Waals surface area (Å²) in [4.78, 5) is 0. The Labute approximate surface area is 111 Å². The molecule has 2 atom stereocenters. The minimum absolute atomic E-state index is 0.682. The smallest absolute Gasteiger partial charge is 0.0204 e. The van der Waals surface area contributed by atoms with Gasteiger partial charge in [0.15, 0.2) is 0 Å². The van der Waals surface area contributed by atoms with Crippen LogP contribution < -0.4 is 10.6 Å². The van der Waals surface area contributed by atoms with E-state index in [1.807, 2.05) is 0 Å². The molecule has 0 aromatic heterocycles. The molecule has 0 aliphatic carbocycles. The monoisotopic (exact) mass is 246 g/mol. The highest BCUT2D eigenvalue weighted by atomic mass is 15.0. The lowest BCUT2D eigenvalue weighted by molar-refractivity contribution is 0.550.